The van der Waals surface area contributed by atoms with E-state index in [2.05, 4.69) is 36.1 Å². The fraction of sp³-hybridized carbons (Fsp3) is 0.571. The molecule has 1 aromatic heterocycles. The van der Waals surface area contributed by atoms with Gasteiger partial charge in [-0.1, -0.05) is 33.6 Å². The Morgan fingerprint density at radius 1 is 1.50 bits per heavy atom. The zero-order valence-electron chi connectivity index (χ0n) is 11.4. The Bertz CT molecular complexity index is 370. The summed E-state index contributed by atoms with van der Waals surface area (Å²) in [6, 6.07) is 0. The second kappa shape index (κ2) is 7.69. The van der Waals surface area contributed by atoms with E-state index in [9.17, 15) is 4.79 Å². The number of carbonyl (C=O) groups is 1. The molecule has 0 aliphatic rings. The molecule has 0 aromatic carbocycles. The highest BCUT2D eigenvalue weighted by molar-refractivity contribution is 5.91. The summed E-state index contributed by atoms with van der Waals surface area (Å²) in [6.07, 6.45) is 8.93. The number of aromatic nitrogens is 2. The Morgan fingerprint density at radius 3 is 2.89 bits per heavy atom. The number of rotatable bonds is 7. The summed E-state index contributed by atoms with van der Waals surface area (Å²) in [7, 11) is 0. The monoisotopic (exact) mass is 249 g/mol. The first-order chi connectivity index (χ1) is 8.63. The highest BCUT2D eigenvalue weighted by atomic mass is 16.1. The van der Waals surface area contributed by atoms with Crippen molar-refractivity contribution in [3.63, 3.8) is 0 Å². The van der Waals surface area contributed by atoms with Gasteiger partial charge in [-0.2, -0.15) is 0 Å². The predicted molar refractivity (Wildman–Crippen MR) is 73.9 cm³/mol. The average Bonchev–Trinajstić information content (AvgIpc) is 2.86. The van der Waals surface area contributed by atoms with Gasteiger partial charge in [0.25, 0.3) is 0 Å². The lowest BCUT2D eigenvalue weighted by molar-refractivity contribution is -0.116. The quantitative estimate of drug-likeness (QED) is 0.730. The summed E-state index contributed by atoms with van der Waals surface area (Å²) in [4.78, 5) is 18.4. The Hall–Kier alpha value is -1.58. The maximum Gasteiger partial charge on any atom is 0.244 e. The smallest absolute Gasteiger partial charge is 0.244 e. The van der Waals surface area contributed by atoms with Crippen molar-refractivity contribution < 1.29 is 4.79 Å². The molecule has 0 aliphatic carbocycles. The van der Waals surface area contributed by atoms with Gasteiger partial charge in [0.15, 0.2) is 0 Å². The second-order valence-electron chi connectivity index (χ2n) is 4.83. The first-order valence-corrected chi connectivity index (χ1v) is 6.57. The summed E-state index contributed by atoms with van der Waals surface area (Å²) in [5.74, 6) is 1.10. The molecule has 0 radical (unpaired) electrons. The number of aromatic amines is 1. The van der Waals surface area contributed by atoms with Gasteiger partial charge in [0, 0.05) is 12.6 Å². The number of H-pyrrole nitrogens is 1. The van der Waals surface area contributed by atoms with Crippen LogP contribution in [0.2, 0.25) is 0 Å². The van der Waals surface area contributed by atoms with E-state index in [0.29, 0.717) is 11.8 Å². The third kappa shape index (κ3) is 5.17. The number of imidazole rings is 1. The zero-order chi connectivity index (χ0) is 13.4. The van der Waals surface area contributed by atoms with Crippen LogP contribution < -0.4 is 5.32 Å². The number of nitrogens with zero attached hydrogens (tertiary/aromatic N) is 1. The van der Waals surface area contributed by atoms with Crippen molar-refractivity contribution in [1.29, 1.82) is 0 Å². The average molecular weight is 249 g/mol. The Labute approximate surface area is 109 Å². The van der Waals surface area contributed by atoms with Gasteiger partial charge in [-0.05, 0) is 17.9 Å². The van der Waals surface area contributed by atoms with Crippen molar-refractivity contribution in [3.8, 4) is 0 Å². The molecule has 1 amide bonds. The number of hydrogen-bond donors (Lipinski definition) is 2. The molecular weight excluding hydrogens is 226 g/mol. The molecule has 1 heterocycles. The fourth-order valence-electron chi connectivity index (χ4n) is 1.78. The van der Waals surface area contributed by atoms with Crippen LogP contribution in [-0.2, 0) is 4.79 Å². The minimum atomic E-state index is -0.0554. The molecule has 100 valence electrons. The largest absolute Gasteiger partial charge is 0.352 e. The molecule has 18 heavy (non-hydrogen) atoms. The Morgan fingerprint density at radius 2 is 2.28 bits per heavy atom. The molecule has 0 aliphatic heterocycles. The van der Waals surface area contributed by atoms with E-state index in [0.717, 1.165) is 12.2 Å². The van der Waals surface area contributed by atoms with Crippen molar-refractivity contribution in [2.75, 3.05) is 6.54 Å². The Kier molecular flexibility index (Phi) is 6.19. The molecule has 0 bridgehead atoms. The molecule has 1 aromatic rings. The number of amides is 1. The van der Waals surface area contributed by atoms with Crippen LogP contribution in [0.1, 0.15) is 39.3 Å². The lowest BCUT2D eigenvalue weighted by Crippen LogP contribution is -2.29. The molecule has 2 N–H and O–H groups in total. The van der Waals surface area contributed by atoms with Crippen molar-refractivity contribution >= 4 is 12.0 Å². The summed E-state index contributed by atoms with van der Waals surface area (Å²) in [5, 5.41) is 2.92. The zero-order valence-corrected chi connectivity index (χ0v) is 11.4. The van der Waals surface area contributed by atoms with Gasteiger partial charge in [-0.15, -0.1) is 0 Å². The van der Waals surface area contributed by atoms with Crippen molar-refractivity contribution in [3.05, 3.63) is 24.3 Å². The van der Waals surface area contributed by atoms with Crippen LogP contribution in [0.3, 0.4) is 0 Å². The van der Waals surface area contributed by atoms with Crippen LogP contribution >= 0.6 is 0 Å². The molecule has 0 saturated heterocycles. The van der Waals surface area contributed by atoms with Gasteiger partial charge in [-0.25, -0.2) is 4.98 Å². The van der Waals surface area contributed by atoms with Crippen molar-refractivity contribution in [2.24, 2.45) is 11.8 Å². The van der Waals surface area contributed by atoms with Gasteiger partial charge in [0.05, 0.1) is 18.2 Å². The summed E-state index contributed by atoms with van der Waals surface area (Å²) < 4.78 is 0. The maximum absolute atomic E-state index is 11.6. The van der Waals surface area contributed by atoms with Crippen LogP contribution in [0.4, 0.5) is 0 Å². The SMILES string of the molecule is CCCC(C)C(C)CNC(=O)C=Cc1cnc[nH]1. The lowest BCUT2D eigenvalue weighted by atomic mass is 9.92. The fourth-order valence-corrected chi connectivity index (χ4v) is 1.78. The summed E-state index contributed by atoms with van der Waals surface area (Å²) in [5.41, 5.74) is 0.831. The number of carbonyl (C=O) groups excluding carboxylic acids is 1. The molecular formula is C14H23N3O. The van der Waals surface area contributed by atoms with Gasteiger partial charge in [-0.3, -0.25) is 4.79 Å². The topological polar surface area (TPSA) is 57.8 Å². The highest BCUT2D eigenvalue weighted by Gasteiger charge is 2.11. The van der Waals surface area contributed by atoms with Crippen molar-refractivity contribution in [1.82, 2.24) is 15.3 Å². The van der Waals surface area contributed by atoms with Crippen LogP contribution in [0.5, 0.6) is 0 Å². The summed E-state index contributed by atoms with van der Waals surface area (Å²) in [6.45, 7) is 7.34. The van der Waals surface area contributed by atoms with E-state index in [-0.39, 0.29) is 5.91 Å². The molecule has 4 heteroatoms. The number of nitrogens with one attached hydrogen (secondary N) is 2. The van der Waals surface area contributed by atoms with Crippen LogP contribution in [0, 0.1) is 11.8 Å². The second-order valence-corrected chi connectivity index (χ2v) is 4.83. The molecule has 2 unspecified atom stereocenters. The van der Waals surface area contributed by atoms with Gasteiger partial charge in [0.2, 0.25) is 5.91 Å². The van der Waals surface area contributed by atoms with E-state index in [4.69, 9.17) is 0 Å². The first kappa shape index (κ1) is 14.5. The van der Waals surface area contributed by atoms with E-state index in [1.165, 1.54) is 18.9 Å². The standard InChI is InChI=1S/C14H23N3O/c1-4-5-11(2)12(3)8-16-14(18)7-6-13-9-15-10-17-13/h6-7,9-12H,4-5,8H2,1-3H3,(H,15,17)(H,16,18). The minimum absolute atomic E-state index is 0.0554. The van der Waals surface area contributed by atoms with Crippen LogP contribution in [0.25, 0.3) is 6.08 Å². The van der Waals surface area contributed by atoms with Crippen LogP contribution in [-0.4, -0.2) is 22.4 Å². The molecule has 0 spiro atoms. The lowest BCUT2D eigenvalue weighted by Gasteiger charge is -2.19. The predicted octanol–water partition coefficient (Wildman–Crippen LogP) is 2.61. The van der Waals surface area contributed by atoms with Crippen molar-refractivity contribution in [2.45, 2.75) is 33.6 Å². The van der Waals surface area contributed by atoms with Gasteiger partial charge in [0.1, 0.15) is 0 Å². The Balaban J connectivity index is 2.28. The van der Waals surface area contributed by atoms with E-state index < -0.39 is 0 Å². The first-order valence-electron chi connectivity index (χ1n) is 6.57. The summed E-state index contributed by atoms with van der Waals surface area (Å²) >= 11 is 0. The van der Waals surface area contributed by atoms with Gasteiger partial charge >= 0.3 is 0 Å². The van der Waals surface area contributed by atoms with E-state index in [1.807, 2.05) is 0 Å². The van der Waals surface area contributed by atoms with E-state index >= 15 is 0 Å². The third-order valence-electron chi connectivity index (χ3n) is 3.25. The molecule has 0 saturated carbocycles. The molecule has 0 fully saturated rings. The van der Waals surface area contributed by atoms with E-state index in [1.54, 1.807) is 18.6 Å². The maximum atomic E-state index is 11.6. The van der Waals surface area contributed by atoms with Gasteiger partial charge < -0.3 is 10.3 Å². The molecule has 1 rings (SSSR count). The minimum Gasteiger partial charge on any atom is -0.352 e. The van der Waals surface area contributed by atoms with Crippen LogP contribution in [0.15, 0.2) is 18.6 Å². The number of hydrogen-bond acceptors (Lipinski definition) is 2. The highest BCUT2D eigenvalue weighted by Crippen LogP contribution is 2.15. The third-order valence-corrected chi connectivity index (χ3v) is 3.25. The molecule has 4 nitrogen and oxygen atoms in total. The molecule has 2 atom stereocenters. The normalized spacial score (nSPS) is 14.6.